The van der Waals surface area contributed by atoms with E-state index in [0.717, 1.165) is 16.5 Å². The summed E-state index contributed by atoms with van der Waals surface area (Å²) in [5.41, 5.74) is 2.42. The summed E-state index contributed by atoms with van der Waals surface area (Å²) in [6.07, 6.45) is 5.65. The molecule has 0 aromatic heterocycles. The fourth-order valence-electron chi connectivity index (χ4n) is 1.14. The van der Waals surface area contributed by atoms with E-state index in [0.29, 0.717) is 11.8 Å². The van der Waals surface area contributed by atoms with Gasteiger partial charge in [-0.1, -0.05) is 44.0 Å². The Morgan fingerprint density at radius 2 is 1.93 bits per heavy atom. The lowest BCUT2D eigenvalue weighted by molar-refractivity contribution is -0.426. The third-order valence-corrected chi connectivity index (χ3v) is 3.18. The van der Waals surface area contributed by atoms with Crippen LogP contribution in [0.15, 0.2) is 35.1 Å². The first-order valence-electron chi connectivity index (χ1n) is 4.04. The second-order valence-electron chi connectivity index (χ2n) is 2.81. The van der Waals surface area contributed by atoms with Crippen molar-refractivity contribution in [3.05, 3.63) is 45.2 Å². The summed E-state index contributed by atoms with van der Waals surface area (Å²) in [6, 6.07) is 0. The van der Waals surface area contributed by atoms with Crippen molar-refractivity contribution in [2.45, 2.75) is 6.42 Å². The lowest BCUT2D eigenvalue weighted by Crippen LogP contribution is -1.96. The van der Waals surface area contributed by atoms with E-state index in [2.05, 4.69) is 31.9 Å². The van der Waals surface area contributed by atoms with Crippen molar-refractivity contribution in [2.75, 3.05) is 10.7 Å². The van der Waals surface area contributed by atoms with Gasteiger partial charge >= 0.3 is 0 Å². The summed E-state index contributed by atoms with van der Waals surface area (Å²) in [4.78, 5) is 10.2. The number of hydrogen-bond acceptors (Lipinski definition) is 2. The molecule has 0 unspecified atom stereocenters. The molecule has 0 N–H and O–H groups in total. The molecule has 0 heterocycles. The van der Waals surface area contributed by atoms with Crippen LogP contribution in [0.1, 0.15) is 6.42 Å². The molecular formula is C9H9Br2NO2. The molecule has 5 heteroatoms. The van der Waals surface area contributed by atoms with Gasteiger partial charge in [-0.2, -0.15) is 0 Å². The molecule has 0 fully saturated rings. The first kappa shape index (κ1) is 11.7. The maximum atomic E-state index is 10.6. The smallest absolute Gasteiger partial charge is 0.250 e. The van der Waals surface area contributed by atoms with Crippen LogP contribution in [0.25, 0.3) is 0 Å². The van der Waals surface area contributed by atoms with Gasteiger partial charge in [0.15, 0.2) is 0 Å². The van der Waals surface area contributed by atoms with E-state index < -0.39 is 0 Å². The standard InChI is InChI=1S/C9H9Br2NO2/c10-5-7-1-3-9(12(13)14)4-2-8(7)6-11/h1-3H,4-6H2. The van der Waals surface area contributed by atoms with E-state index >= 15 is 0 Å². The third kappa shape index (κ3) is 2.78. The van der Waals surface area contributed by atoms with Crippen molar-refractivity contribution < 1.29 is 4.92 Å². The fraction of sp³-hybridized carbons (Fsp3) is 0.333. The van der Waals surface area contributed by atoms with Crippen molar-refractivity contribution in [1.29, 1.82) is 0 Å². The van der Waals surface area contributed by atoms with Crippen molar-refractivity contribution in [3.63, 3.8) is 0 Å². The highest BCUT2D eigenvalue weighted by molar-refractivity contribution is 9.09. The zero-order chi connectivity index (χ0) is 10.6. The topological polar surface area (TPSA) is 43.1 Å². The zero-order valence-electron chi connectivity index (χ0n) is 7.37. The van der Waals surface area contributed by atoms with Gasteiger partial charge in [0.1, 0.15) is 0 Å². The van der Waals surface area contributed by atoms with Gasteiger partial charge in [-0.05, 0) is 11.1 Å². The van der Waals surface area contributed by atoms with Crippen LogP contribution in [-0.2, 0) is 0 Å². The molecule has 0 amide bonds. The van der Waals surface area contributed by atoms with Gasteiger partial charge in [0.2, 0.25) is 5.70 Å². The summed E-state index contributed by atoms with van der Waals surface area (Å²) >= 11 is 6.72. The average molecular weight is 323 g/mol. The largest absolute Gasteiger partial charge is 0.259 e. The van der Waals surface area contributed by atoms with Crippen LogP contribution >= 0.6 is 31.9 Å². The second kappa shape index (κ2) is 5.46. The van der Waals surface area contributed by atoms with Crippen molar-refractivity contribution in [1.82, 2.24) is 0 Å². The predicted molar refractivity (Wildman–Crippen MR) is 63.4 cm³/mol. The number of alkyl halides is 2. The van der Waals surface area contributed by atoms with E-state index in [1.807, 2.05) is 6.08 Å². The van der Waals surface area contributed by atoms with Crippen LogP contribution in [0.2, 0.25) is 0 Å². The Kier molecular flexibility index (Phi) is 4.54. The van der Waals surface area contributed by atoms with Gasteiger partial charge in [0, 0.05) is 16.7 Å². The predicted octanol–water partition coefficient (Wildman–Crippen LogP) is 3.19. The van der Waals surface area contributed by atoms with Gasteiger partial charge in [0.05, 0.1) is 11.3 Å². The number of hydrogen-bond donors (Lipinski definition) is 0. The van der Waals surface area contributed by atoms with Gasteiger partial charge < -0.3 is 0 Å². The van der Waals surface area contributed by atoms with E-state index in [9.17, 15) is 10.1 Å². The zero-order valence-corrected chi connectivity index (χ0v) is 10.5. The fourth-order valence-corrected chi connectivity index (χ4v) is 2.27. The molecule has 0 aromatic carbocycles. The molecular weight excluding hydrogens is 314 g/mol. The number of halogens is 2. The molecule has 0 bridgehead atoms. The molecule has 0 saturated carbocycles. The minimum absolute atomic E-state index is 0.236. The first-order chi connectivity index (χ1) is 6.69. The first-order valence-corrected chi connectivity index (χ1v) is 6.28. The van der Waals surface area contributed by atoms with Crippen LogP contribution in [0.5, 0.6) is 0 Å². The highest BCUT2D eigenvalue weighted by Crippen LogP contribution is 2.21. The minimum Gasteiger partial charge on any atom is -0.259 e. The summed E-state index contributed by atoms with van der Waals surface area (Å²) in [5, 5.41) is 12.0. The molecule has 1 rings (SSSR count). The Morgan fingerprint density at radius 1 is 1.29 bits per heavy atom. The molecule has 0 spiro atoms. The Hall–Kier alpha value is -0.420. The third-order valence-electron chi connectivity index (χ3n) is 1.97. The monoisotopic (exact) mass is 321 g/mol. The molecule has 76 valence electrons. The van der Waals surface area contributed by atoms with Gasteiger partial charge in [-0.15, -0.1) is 0 Å². The average Bonchev–Trinajstić information content (AvgIpc) is 2.38. The van der Waals surface area contributed by atoms with Crippen molar-refractivity contribution >= 4 is 31.9 Å². The van der Waals surface area contributed by atoms with Crippen molar-refractivity contribution in [2.24, 2.45) is 0 Å². The quantitative estimate of drug-likeness (QED) is 0.455. The Balaban J connectivity index is 2.97. The van der Waals surface area contributed by atoms with Crippen LogP contribution in [-0.4, -0.2) is 15.6 Å². The maximum Gasteiger partial charge on any atom is 0.250 e. The van der Waals surface area contributed by atoms with E-state index in [1.54, 1.807) is 12.2 Å². The molecule has 0 aromatic rings. The van der Waals surface area contributed by atoms with Gasteiger partial charge in [-0.3, -0.25) is 10.1 Å². The normalized spacial score (nSPS) is 16.6. The number of rotatable bonds is 3. The minimum atomic E-state index is -0.337. The SMILES string of the molecule is O=[N+]([O-])C1=CC=C(CBr)C(CBr)=CC1. The van der Waals surface area contributed by atoms with E-state index in [1.165, 1.54) is 0 Å². The van der Waals surface area contributed by atoms with Crippen LogP contribution in [0, 0.1) is 10.1 Å². The van der Waals surface area contributed by atoms with Gasteiger partial charge in [0.25, 0.3) is 0 Å². The summed E-state index contributed by atoms with van der Waals surface area (Å²) < 4.78 is 0. The van der Waals surface area contributed by atoms with Crippen LogP contribution in [0.4, 0.5) is 0 Å². The number of nitro groups is 1. The Morgan fingerprint density at radius 3 is 2.43 bits per heavy atom. The molecule has 1 aliphatic rings. The van der Waals surface area contributed by atoms with Crippen LogP contribution in [0.3, 0.4) is 0 Å². The molecule has 3 nitrogen and oxygen atoms in total. The molecule has 0 atom stereocenters. The summed E-state index contributed by atoms with van der Waals surface area (Å²) in [5.74, 6) is 0. The molecule has 0 radical (unpaired) electrons. The Bertz CT molecular complexity index is 332. The van der Waals surface area contributed by atoms with E-state index in [-0.39, 0.29) is 10.6 Å². The van der Waals surface area contributed by atoms with E-state index in [4.69, 9.17) is 0 Å². The summed E-state index contributed by atoms with van der Waals surface area (Å²) in [6.45, 7) is 0. The second-order valence-corrected chi connectivity index (χ2v) is 3.93. The highest BCUT2D eigenvalue weighted by Gasteiger charge is 2.13. The molecule has 1 aliphatic carbocycles. The Labute approximate surface area is 99.0 Å². The lowest BCUT2D eigenvalue weighted by Gasteiger charge is -2.03. The number of nitrogens with zero attached hydrogens (tertiary/aromatic N) is 1. The molecule has 0 saturated heterocycles. The molecule has 14 heavy (non-hydrogen) atoms. The lowest BCUT2D eigenvalue weighted by atomic mass is 10.1. The highest BCUT2D eigenvalue weighted by atomic mass is 79.9. The maximum absolute atomic E-state index is 10.6. The van der Waals surface area contributed by atoms with Gasteiger partial charge in [-0.25, -0.2) is 0 Å². The summed E-state index contributed by atoms with van der Waals surface area (Å²) in [7, 11) is 0. The van der Waals surface area contributed by atoms with Crippen LogP contribution < -0.4 is 0 Å². The number of allylic oxidation sites excluding steroid dienone is 5. The van der Waals surface area contributed by atoms with Crippen molar-refractivity contribution in [3.8, 4) is 0 Å². The molecule has 0 aliphatic heterocycles.